The maximum Gasteiger partial charge on any atom is 0.262 e. The number of nitrogens with zero attached hydrogens (tertiary/aromatic N) is 1. The predicted molar refractivity (Wildman–Crippen MR) is 66.5 cm³/mol. The monoisotopic (exact) mass is 246 g/mol. The first kappa shape index (κ1) is 12.2. The molecule has 0 aliphatic rings. The van der Waals surface area contributed by atoms with Gasteiger partial charge in [0.05, 0.1) is 0 Å². The van der Waals surface area contributed by atoms with E-state index in [0.717, 1.165) is 11.3 Å². The molecule has 0 fully saturated rings. The van der Waals surface area contributed by atoms with Gasteiger partial charge in [-0.05, 0) is 31.1 Å². The quantitative estimate of drug-likeness (QED) is 0.899. The Bertz CT molecular complexity index is 531. The molecule has 2 rings (SSSR count). The van der Waals surface area contributed by atoms with Crippen LogP contribution in [0.4, 0.5) is 5.69 Å². The molecule has 18 heavy (non-hydrogen) atoms. The van der Waals surface area contributed by atoms with Crippen molar-refractivity contribution in [2.45, 2.75) is 13.8 Å². The first-order valence-corrected chi connectivity index (χ1v) is 5.56. The van der Waals surface area contributed by atoms with Gasteiger partial charge in [0.25, 0.3) is 11.8 Å². The summed E-state index contributed by atoms with van der Waals surface area (Å²) < 4.78 is 9.99. The van der Waals surface area contributed by atoms with Crippen LogP contribution in [0.3, 0.4) is 0 Å². The zero-order valence-corrected chi connectivity index (χ0v) is 10.3. The van der Waals surface area contributed by atoms with Gasteiger partial charge in [-0.2, -0.15) is 0 Å². The van der Waals surface area contributed by atoms with E-state index in [1.165, 1.54) is 0 Å². The van der Waals surface area contributed by atoms with Crippen LogP contribution >= 0.6 is 0 Å². The minimum absolute atomic E-state index is 0.0974. The van der Waals surface area contributed by atoms with Crippen LogP contribution in [-0.2, 0) is 4.79 Å². The number of ether oxygens (including phenoxy) is 1. The molecule has 0 aliphatic carbocycles. The van der Waals surface area contributed by atoms with Crippen LogP contribution < -0.4 is 10.1 Å². The second-order valence-electron chi connectivity index (χ2n) is 3.98. The van der Waals surface area contributed by atoms with Crippen LogP contribution in [0.1, 0.15) is 11.3 Å². The van der Waals surface area contributed by atoms with Gasteiger partial charge < -0.3 is 14.6 Å². The van der Waals surface area contributed by atoms with E-state index in [9.17, 15) is 4.79 Å². The van der Waals surface area contributed by atoms with Crippen molar-refractivity contribution in [2.75, 3.05) is 11.9 Å². The summed E-state index contributed by atoms with van der Waals surface area (Å²) in [6.45, 7) is 3.65. The van der Waals surface area contributed by atoms with Crippen molar-refractivity contribution >= 4 is 11.6 Å². The van der Waals surface area contributed by atoms with Crippen molar-refractivity contribution in [3.8, 4) is 5.88 Å². The fraction of sp³-hybridized carbons (Fsp3) is 0.231. The van der Waals surface area contributed by atoms with Gasteiger partial charge in [-0.15, -0.1) is 0 Å². The lowest BCUT2D eigenvalue weighted by atomic mass is 10.2. The van der Waals surface area contributed by atoms with Gasteiger partial charge in [0, 0.05) is 11.8 Å². The van der Waals surface area contributed by atoms with Gasteiger partial charge in [0.1, 0.15) is 5.76 Å². The van der Waals surface area contributed by atoms with Crippen LogP contribution in [0.2, 0.25) is 0 Å². The number of benzene rings is 1. The Labute approximate surface area is 105 Å². The van der Waals surface area contributed by atoms with Crippen molar-refractivity contribution in [1.29, 1.82) is 0 Å². The summed E-state index contributed by atoms with van der Waals surface area (Å²) in [6.07, 6.45) is 0. The maximum absolute atomic E-state index is 11.6. The third-order valence-electron chi connectivity index (χ3n) is 2.29. The normalized spacial score (nSPS) is 10.1. The third kappa shape index (κ3) is 3.35. The average Bonchev–Trinajstić information content (AvgIpc) is 2.76. The molecule has 1 heterocycles. The molecule has 0 atom stereocenters. The SMILES string of the molecule is Cc1ccc(NC(=O)COc2cc(C)on2)cc1. The van der Waals surface area contributed by atoms with E-state index >= 15 is 0 Å². The summed E-state index contributed by atoms with van der Waals surface area (Å²) in [5.74, 6) is 0.718. The van der Waals surface area contributed by atoms with E-state index in [-0.39, 0.29) is 12.5 Å². The highest BCUT2D eigenvalue weighted by Crippen LogP contribution is 2.11. The van der Waals surface area contributed by atoms with Crippen molar-refractivity contribution in [1.82, 2.24) is 5.16 Å². The van der Waals surface area contributed by atoms with E-state index in [4.69, 9.17) is 9.26 Å². The molecule has 0 aliphatic heterocycles. The Balaban J connectivity index is 1.83. The number of anilines is 1. The number of aromatic nitrogens is 1. The summed E-state index contributed by atoms with van der Waals surface area (Å²) >= 11 is 0. The molecule has 0 bridgehead atoms. The first-order valence-electron chi connectivity index (χ1n) is 5.56. The zero-order chi connectivity index (χ0) is 13.0. The van der Waals surface area contributed by atoms with E-state index in [1.54, 1.807) is 13.0 Å². The third-order valence-corrected chi connectivity index (χ3v) is 2.29. The van der Waals surface area contributed by atoms with Crippen LogP contribution in [0.5, 0.6) is 5.88 Å². The summed E-state index contributed by atoms with van der Waals surface area (Å²) in [5.41, 5.74) is 1.88. The van der Waals surface area contributed by atoms with E-state index in [2.05, 4.69) is 10.5 Å². The molecule has 94 valence electrons. The van der Waals surface area contributed by atoms with Crippen molar-refractivity contribution in [2.24, 2.45) is 0 Å². The van der Waals surface area contributed by atoms with Gasteiger partial charge in [-0.3, -0.25) is 4.79 Å². The number of aryl methyl sites for hydroxylation is 2. The fourth-order valence-electron chi connectivity index (χ4n) is 1.39. The first-order chi connectivity index (χ1) is 8.63. The van der Waals surface area contributed by atoms with Gasteiger partial charge in [0.15, 0.2) is 6.61 Å². The molecule has 0 unspecified atom stereocenters. The summed E-state index contributed by atoms with van der Waals surface area (Å²) in [7, 11) is 0. The minimum atomic E-state index is -0.237. The largest absolute Gasteiger partial charge is 0.465 e. The molecular weight excluding hydrogens is 232 g/mol. The van der Waals surface area contributed by atoms with Gasteiger partial charge in [0.2, 0.25) is 0 Å². The molecule has 0 saturated heterocycles. The number of carbonyl (C=O) groups is 1. The smallest absolute Gasteiger partial charge is 0.262 e. The Hall–Kier alpha value is -2.30. The zero-order valence-electron chi connectivity index (χ0n) is 10.3. The number of carbonyl (C=O) groups excluding carboxylic acids is 1. The second kappa shape index (κ2) is 5.35. The van der Waals surface area contributed by atoms with E-state index in [0.29, 0.717) is 11.6 Å². The van der Waals surface area contributed by atoms with Crippen LogP contribution in [0.15, 0.2) is 34.9 Å². The lowest BCUT2D eigenvalue weighted by Crippen LogP contribution is -2.20. The van der Waals surface area contributed by atoms with Crippen LogP contribution in [-0.4, -0.2) is 17.7 Å². The highest BCUT2D eigenvalue weighted by atomic mass is 16.5. The molecule has 1 N–H and O–H groups in total. The standard InChI is InChI=1S/C13H14N2O3/c1-9-3-5-11(6-4-9)14-12(16)8-17-13-7-10(2)18-15-13/h3-7H,8H2,1-2H3,(H,14,16). The molecule has 5 heteroatoms. The van der Waals surface area contributed by atoms with Crippen LogP contribution in [0.25, 0.3) is 0 Å². The van der Waals surface area contributed by atoms with Crippen molar-refractivity contribution in [3.63, 3.8) is 0 Å². The molecule has 5 nitrogen and oxygen atoms in total. The maximum atomic E-state index is 11.6. The Morgan fingerprint density at radius 1 is 1.33 bits per heavy atom. The number of rotatable bonds is 4. The minimum Gasteiger partial charge on any atom is -0.465 e. The molecule has 0 spiro atoms. The Morgan fingerprint density at radius 3 is 2.67 bits per heavy atom. The number of amides is 1. The number of hydrogen-bond acceptors (Lipinski definition) is 4. The highest BCUT2D eigenvalue weighted by molar-refractivity contribution is 5.91. The molecular formula is C13H14N2O3. The fourth-order valence-corrected chi connectivity index (χ4v) is 1.39. The Kier molecular flexibility index (Phi) is 3.62. The molecule has 0 saturated carbocycles. The number of nitrogens with one attached hydrogen (secondary N) is 1. The summed E-state index contributed by atoms with van der Waals surface area (Å²) in [6, 6.07) is 9.16. The Morgan fingerprint density at radius 2 is 2.06 bits per heavy atom. The molecule has 1 aromatic heterocycles. The molecule has 2 aromatic rings. The second-order valence-corrected chi connectivity index (χ2v) is 3.98. The van der Waals surface area contributed by atoms with E-state index < -0.39 is 0 Å². The van der Waals surface area contributed by atoms with Gasteiger partial charge >= 0.3 is 0 Å². The van der Waals surface area contributed by atoms with Gasteiger partial charge in [-0.25, -0.2) is 0 Å². The van der Waals surface area contributed by atoms with Gasteiger partial charge in [-0.1, -0.05) is 17.7 Å². The molecule has 1 aromatic carbocycles. The van der Waals surface area contributed by atoms with Crippen LogP contribution in [0, 0.1) is 13.8 Å². The van der Waals surface area contributed by atoms with Crippen molar-refractivity contribution in [3.05, 3.63) is 41.7 Å². The average molecular weight is 246 g/mol. The topological polar surface area (TPSA) is 64.4 Å². The summed E-state index contributed by atoms with van der Waals surface area (Å²) in [5, 5.41) is 6.35. The molecule has 1 amide bonds. The highest BCUT2D eigenvalue weighted by Gasteiger charge is 2.06. The lowest BCUT2D eigenvalue weighted by molar-refractivity contribution is -0.118. The lowest BCUT2D eigenvalue weighted by Gasteiger charge is -2.05. The summed E-state index contributed by atoms with van der Waals surface area (Å²) in [4.78, 5) is 11.6. The van der Waals surface area contributed by atoms with E-state index in [1.807, 2.05) is 31.2 Å². The van der Waals surface area contributed by atoms with Crippen molar-refractivity contribution < 1.29 is 14.1 Å². The predicted octanol–water partition coefficient (Wildman–Crippen LogP) is 2.31. The molecule has 0 radical (unpaired) electrons. The number of hydrogen-bond donors (Lipinski definition) is 1.